The summed E-state index contributed by atoms with van der Waals surface area (Å²) in [6, 6.07) is 3.94. The number of H-pyrrole nitrogens is 1. The highest BCUT2D eigenvalue weighted by Gasteiger charge is 2.25. The molecule has 1 aromatic heterocycles. The number of nitrogens with one attached hydrogen (secondary N) is 4. The van der Waals surface area contributed by atoms with Gasteiger partial charge in [0, 0.05) is 29.9 Å². The molecule has 12 nitrogen and oxygen atoms in total. The predicted molar refractivity (Wildman–Crippen MR) is 117 cm³/mol. The lowest BCUT2D eigenvalue weighted by Gasteiger charge is -2.19. The zero-order valence-electron chi connectivity index (χ0n) is 18.0. The zero-order valence-corrected chi connectivity index (χ0v) is 18.0. The Labute approximate surface area is 188 Å². The molecule has 2 aromatic rings. The van der Waals surface area contributed by atoms with Crippen molar-refractivity contribution < 1.29 is 34.2 Å². The van der Waals surface area contributed by atoms with E-state index in [0.717, 1.165) is 10.9 Å². The number of fused-ring (bicyclic) bond motifs is 1. The van der Waals surface area contributed by atoms with Gasteiger partial charge in [0.1, 0.15) is 12.1 Å². The van der Waals surface area contributed by atoms with Crippen molar-refractivity contribution in [2.75, 3.05) is 6.54 Å². The number of hydrogen-bond donors (Lipinski definition) is 7. The van der Waals surface area contributed by atoms with Crippen molar-refractivity contribution in [2.45, 2.75) is 44.3 Å². The van der Waals surface area contributed by atoms with E-state index in [9.17, 15) is 29.1 Å². The number of amides is 3. The molecular formula is C21H27N5O7. The van der Waals surface area contributed by atoms with E-state index in [4.69, 9.17) is 10.8 Å². The number of carboxylic acid groups (broad SMARTS) is 2. The molecule has 0 aliphatic carbocycles. The first kappa shape index (κ1) is 25.3. The maximum Gasteiger partial charge on any atom is 0.326 e. The van der Waals surface area contributed by atoms with Crippen molar-refractivity contribution in [1.29, 1.82) is 0 Å². The van der Waals surface area contributed by atoms with E-state index < -0.39 is 60.8 Å². The molecule has 3 atom stereocenters. The van der Waals surface area contributed by atoms with Crippen LogP contribution in [0.4, 0.5) is 0 Å². The maximum atomic E-state index is 12.4. The van der Waals surface area contributed by atoms with Gasteiger partial charge in [-0.3, -0.25) is 19.2 Å². The number of carboxylic acids is 2. The summed E-state index contributed by atoms with van der Waals surface area (Å²) < 4.78 is 0. The Balaban J connectivity index is 1.96. The first-order valence-electron chi connectivity index (χ1n) is 10.2. The molecule has 0 saturated heterocycles. The molecule has 178 valence electrons. The molecule has 0 bridgehead atoms. The van der Waals surface area contributed by atoms with Gasteiger partial charge in [-0.2, -0.15) is 0 Å². The van der Waals surface area contributed by atoms with E-state index in [-0.39, 0.29) is 12.8 Å². The summed E-state index contributed by atoms with van der Waals surface area (Å²) in [6.07, 6.45) is 1.09. The second kappa shape index (κ2) is 11.6. The van der Waals surface area contributed by atoms with E-state index in [0.29, 0.717) is 5.56 Å². The molecule has 0 spiro atoms. The largest absolute Gasteiger partial charge is 0.481 e. The SMILES string of the molecule is CC(N)C(=O)NC(CCC(=O)O)C(=O)NCC(=O)NC(Cc1c[nH]c2ccccc12)C(=O)O. The van der Waals surface area contributed by atoms with Gasteiger partial charge in [0.25, 0.3) is 0 Å². The molecular weight excluding hydrogens is 434 g/mol. The number of hydrogen-bond acceptors (Lipinski definition) is 6. The lowest BCUT2D eigenvalue weighted by molar-refractivity contribution is -0.141. The molecule has 1 aromatic carbocycles. The van der Waals surface area contributed by atoms with Gasteiger partial charge in [-0.1, -0.05) is 18.2 Å². The van der Waals surface area contributed by atoms with Crippen molar-refractivity contribution >= 4 is 40.6 Å². The molecule has 3 unspecified atom stereocenters. The van der Waals surface area contributed by atoms with Gasteiger partial charge in [-0.05, 0) is 25.0 Å². The number of para-hydroxylation sites is 1. The quantitative estimate of drug-likeness (QED) is 0.210. The van der Waals surface area contributed by atoms with Crippen LogP contribution < -0.4 is 21.7 Å². The lowest BCUT2D eigenvalue weighted by Crippen LogP contribution is -2.53. The van der Waals surface area contributed by atoms with Crippen LogP contribution in [0.25, 0.3) is 10.9 Å². The second-order valence-corrected chi connectivity index (χ2v) is 7.52. The molecule has 0 aliphatic heterocycles. The van der Waals surface area contributed by atoms with Crippen LogP contribution in [0.15, 0.2) is 30.5 Å². The van der Waals surface area contributed by atoms with E-state index >= 15 is 0 Å². The normalized spacial score (nSPS) is 13.5. The Morgan fingerprint density at radius 1 is 1.03 bits per heavy atom. The molecule has 2 rings (SSSR count). The van der Waals surface area contributed by atoms with Gasteiger partial charge in [0.05, 0.1) is 12.6 Å². The number of carbonyl (C=O) groups excluding carboxylic acids is 3. The average molecular weight is 461 g/mol. The smallest absolute Gasteiger partial charge is 0.326 e. The third-order valence-electron chi connectivity index (χ3n) is 4.85. The van der Waals surface area contributed by atoms with Crippen LogP contribution in [0.2, 0.25) is 0 Å². The summed E-state index contributed by atoms with van der Waals surface area (Å²) in [5.74, 6) is -4.62. The molecule has 3 amide bonds. The molecule has 0 fully saturated rings. The lowest BCUT2D eigenvalue weighted by atomic mass is 10.0. The number of aliphatic carboxylic acids is 2. The summed E-state index contributed by atoms with van der Waals surface area (Å²) in [4.78, 5) is 62.0. The summed E-state index contributed by atoms with van der Waals surface area (Å²) in [7, 11) is 0. The first-order valence-corrected chi connectivity index (χ1v) is 10.2. The van der Waals surface area contributed by atoms with Gasteiger partial charge in [-0.25, -0.2) is 4.79 Å². The maximum absolute atomic E-state index is 12.4. The summed E-state index contributed by atoms with van der Waals surface area (Å²) >= 11 is 0. The van der Waals surface area contributed by atoms with Crippen molar-refractivity contribution in [3.63, 3.8) is 0 Å². The third-order valence-corrected chi connectivity index (χ3v) is 4.85. The van der Waals surface area contributed by atoms with Crippen LogP contribution in [0.1, 0.15) is 25.3 Å². The first-order chi connectivity index (χ1) is 15.6. The van der Waals surface area contributed by atoms with Gasteiger partial charge in [0.2, 0.25) is 17.7 Å². The minimum absolute atomic E-state index is 0.0186. The molecule has 8 N–H and O–H groups in total. The highest BCUT2D eigenvalue weighted by molar-refractivity contribution is 5.93. The number of carbonyl (C=O) groups is 5. The Morgan fingerprint density at radius 2 is 1.73 bits per heavy atom. The second-order valence-electron chi connectivity index (χ2n) is 7.52. The Hall–Kier alpha value is -3.93. The van der Waals surface area contributed by atoms with Crippen molar-refractivity contribution in [3.8, 4) is 0 Å². The Bertz CT molecular complexity index is 1030. The van der Waals surface area contributed by atoms with Crippen LogP contribution in [0.5, 0.6) is 0 Å². The summed E-state index contributed by atoms with van der Waals surface area (Å²) in [5, 5.41) is 26.1. The van der Waals surface area contributed by atoms with Crippen LogP contribution in [0.3, 0.4) is 0 Å². The highest BCUT2D eigenvalue weighted by Crippen LogP contribution is 2.19. The van der Waals surface area contributed by atoms with Gasteiger partial charge in [-0.15, -0.1) is 0 Å². The van der Waals surface area contributed by atoms with Crippen LogP contribution in [0, 0.1) is 0 Å². The number of nitrogens with two attached hydrogens (primary N) is 1. The van der Waals surface area contributed by atoms with Crippen LogP contribution in [-0.4, -0.2) is 69.5 Å². The fourth-order valence-electron chi connectivity index (χ4n) is 3.10. The minimum atomic E-state index is -1.25. The van der Waals surface area contributed by atoms with E-state index in [1.165, 1.54) is 6.92 Å². The van der Waals surface area contributed by atoms with Crippen molar-refractivity contribution in [3.05, 3.63) is 36.0 Å². The molecule has 0 aliphatic rings. The fourth-order valence-corrected chi connectivity index (χ4v) is 3.10. The van der Waals surface area contributed by atoms with Crippen LogP contribution in [-0.2, 0) is 30.4 Å². The van der Waals surface area contributed by atoms with Crippen LogP contribution >= 0.6 is 0 Å². The van der Waals surface area contributed by atoms with Gasteiger partial charge < -0.3 is 36.9 Å². The number of aromatic nitrogens is 1. The molecule has 33 heavy (non-hydrogen) atoms. The topological polar surface area (TPSA) is 204 Å². The van der Waals surface area contributed by atoms with E-state index in [1.54, 1.807) is 6.20 Å². The van der Waals surface area contributed by atoms with Gasteiger partial charge in [0.15, 0.2) is 0 Å². The summed E-state index contributed by atoms with van der Waals surface area (Å²) in [6.45, 7) is 0.836. The average Bonchev–Trinajstić information content (AvgIpc) is 3.16. The Morgan fingerprint density at radius 3 is 2.36 bits per heavy atom. The van der Waals surface area contributed by atoms with Crippen molar-refractivity contribution in [2.24, 2.45) is 5.73 Å². The molecule has 1 heterocycles. The fraction of sp³-hybridized carbons (Fsp3) is 0.381. The predicted octanol–water partition coefficient (Wildman–Crippen LogP) is -0.907. The minimum Gasteiger partial charge on any atom is -0.481 e. The van der Waals surface area contributed by atoms with Crippen molar-refractivity contribution in [1.82, 2.24) is 20.9 Å². The third kappa shape index (κ3) is 7.61. The number of benzene rings is 1. The molecule has 0 saturated carbocycles. The summed E-state index contributed by atoms with van der Waals surface area (Å²) in [5.41, 5.74) is 6.99. The Kier molecular flexibility index (Phi) is 8.92. The molecule has 0 radical (unpaired) electrons. The van der Waals surface area contributed by atoms with E-state index in [2.05, 4.69) is 20.9 Å². The van der Waals surface area contributed by atoms with Gasteiger partial charge >= 0.3 is 11.9 Å². The highest BCUT2D eigenvalue weighted by atomic mass is 16.4. The number of aromatic amines is 1. The molecule has 12 heteroatoms. The van der Waals surface area contributed by atoms with E-state index in [1.807, 2.05) is 24.3 Å². The number of rotatable bonds is 12. The zero-order chi connectivity index (χ0) is 24.5. The standard InChI is InChI=1S/C21H27N5O7/c1-11(22)19(30)26-15(6-7-18(28)29)20(31)24-10-17(27)25-16(21(32)33)8-12-9-23-14-5-3-2-4-13(12)14/h2-5,9,11,15-16,23H,6-8,10,22H2,1H3,(H,24,31)(H,25,27)(H,26,30)(H,28,29)(H,32,33). The monoisotopic (exact) mass is 461 g/mol.